The van der Waals surface area contributed by atoms with Crippen LogP contribution < -0.4 is 0 Å². The number of urea groups is 1. The molecule has 1 saturated heterocycles. The van der Waals surface area contributed by atoms with Crippen LogP contribution in [0.2, 0.25) is 0 Å². The van der Waals surface area contributed by atoms with Crippen molar-refractivity contribution in [3.05, 3.63) is 168 Å². The number of aromatic nitrogens is 4. The van der Waals surface area contributed by atoms with Crippen LogP contribution in [0, 0.1) is 5.92 Å². The van der Waals surface area contributed by atoms with Crippen LogP contribution in [0.25, 0.3) is 87.2 Å². The lowest BCUT2D eigenvalue weighted by atomic mass is 9.88. The van der Waals surface area contributed by atoms with E-state index in [-0.39, 0.29) is 0 Å². The second-order valence-corrected chi connectivity index (χ2v) is 16.5. The molecule has 8 bridgehead atoms. The Morgan fingerprint density at radius 3 is 1.20 bits per heavy atom. The van der Waals surface area contributed by atoms with E-state index in [2.05, 4.69) is 66.1 Å². The number of nitrogens with zero attached hydrogens (tertiary/aromatic N) is 4. The van der Waals surface area contributed by atoms with Crippen LogP contribution in [0.4, 0.5) is 4.79 Å². The first-order chi connectivity index (χ1) is 29.7. The fraction of sp³-hybridized carbons (Fsp3) is 0.0600. The Balaban J connectivity index is 1.45. The third-order valence-electron chi connectivity index (χ3n) is 11.3. The average molecular weight is 927 g/mol. The summed E-state index contributed by atoms with van der Waals surface area (Å²) in [6, 6.07) is 47.4. The minimum absolute atomic E-state index is 0.383. The minimum atomic E-state index is -1.35. The molecule has 0 atom stereocenters. The molecular weight excluding hydrogens is 892 g/mol. The Hall–Kier alpha value is -6.95. The van der Waals surface area contributed by atoms with E-state index in [0.29, 0.717) is 28.0 Å². The number of aromatic amines is 2. The standard InChI is InChI=1S/C50H34Br2N6O3/c1-57-48(59)42(49(60)58(2)50(57)61)32-27-37-38(28-15-7-3-8-16-28)33-23-24-35(53-33)40(30-19-11-5-12-20-30)46-43(51)44(52)47(56-46)41(31-21-13-6-14-22-31)36-26-25-34(54-36)39(45(32)55-37)29-17-9-4-10-18-29/h3-27,42,53-54H,1-2H3. The number of hydrogen-bond acceptors (Lipinski definition) is 5. The number of amides is 4. The largest absolute Gasteiger partial charge is 0.354 e. The van der Waals surface area contributed by atoms with Crippen LogP contribution in [0.1, 0.15) is 22.8 Å². The predicted octanol–water partition coefficient (Wildman–Crippen LogP) is 11.8. The van der Waals surface area contributed by atoms with Crippen molar-refractivity contribution in [3.63, 3.8) is 0 Å². The number of H-pyrrole nitrogens is 2. The maximum atomic E-state index is 14.3. The highest BCUT2D eigenvalue weighted by Gasteiger charge is 2.46. The molecule has 0 unspecified atom stereocenters. The average Bonchev–Trinajstić information content (AvgIpc) is 4.11. The van der Waals surface area contributed by atoms with E-state index < -0.39 is 23.8 Å². The number of hydrogen-bond donors (Lipinski definition) is 2. The summed E-state index contributed by atoms with van der Waals surface area (Å²) in [6.45, 7) is 0. The van der Waals surface area contributed by atoms with Gasteiger partial charge in [0.1, 0.15) is 5.92 Å². The molecule has 3 aliphatic heterocycles. The summed E-state index contributed by atoms with van der Waals surface area (Å²) in [6.07, 6.45) is 1.84. The number of carbonyl (C=O) groups is 3. The van der Waals surface area contributed by atoms with Crippen LogP contribution in [0.5, 0.6) is 0 Å². The van der Waals surface area contributed by atoms with Crippen molar-refractivity contribution < 1.29 is 14.4 Å². The molecule has 0 spiro atoms. The number of halogens is 2. The van der Waals surface area contributed by atoms with Gasteiger partial charge in [0.05, 0.1) is 31.7 Å². The molecule has 296 valence electrons. The number of rotatable bonds is 5. The number of fused-ring (bicyclic) bond motifs is 8. The third kappa shape index (κ3) is 6.39. The van der Waals surface area contributed by atoms with Crippen molar-refractivity contribution in [1.29, 1.82) is 0 Å². The molecule has 61 heavy (non-hydrogen) atoms. The van der Waals surface area contributed by atoms with Gasteiger partial charge in [-0.25, -0.2) is 14.8 Å². The molecule has 0 aliphatic carbocycles. The van der Waals surface area contributed by atoms with Crippen LogP contribution in [0.15, 0.2) is 146 Å². The van der Waals surface area contributed by atoms with Crippen LogP contribution in [-0.2, 0) is 9.59 Å². The predicted molar refractivity (Wildman–Crippen MR) is 250 cm³/mol. The lowest BCUT2D eigenvalue weighted by Gasteiger charge is -2.33. The lowest BCUT2D eigenvalue weighted by Crippen LogP contribution is -2.57. The highest BCUT2D eigenvalue weighted by Crippen LogP contribution is 2.48. The molecule has 4 aromatic carbocycles. The first-order valence-electron chi connectivity index (χ1n) is 19.6. The second kappa shape index (κ2) is 15.3. The van der Waals surface area contributed by atoms with Crippen molar-refractivity contribution in [2.24, 2.45) is 5.92 Å². The van der Waals surface area contributed by atoms with Crippen molar-refractivity contribution in [3.8, 4) is 44.5 Å². The van der Waals surface area contributed by atoms with Crippen LogP contribution in [0.3, 0.4) is 0 Å². The molecule has 10 rings (SSSR count). The van der Waals surface area contributed by atoms with Gasteiger partial charge in [-0.3, -0.25) is 19.4 Å². The summed E-state index contributed by atoms with van der Waals surface area (Å²) >= 11 is 7.93. The van der Waals surface area contributed by atoms with Crippen molar-refractivity contribution in [1.82, 2.24) is 29.7 Å². The van der Waals surface area contributed by atoms with Gasteiger partial charge in [0.15, 0.2) is 0 Å². The fourth-order valence-electron chi connectivity index (χ4n) is 8.40. The van der Waals surface area contributed by atoms with Crippen molar-refractivity contribution >= 4 is 92.4 Å². The van der Waals surface area contributed by atoms with E-state index in [9.17, 15) is 14.4 Å². The smallest absolute Gasteiger partial charge is 0.332 e. The summed E-state index contributed by atoms with van der Waals surface area (Å²) in [4.78, 5) is 62.0. The summed E-state index contributed by atoms with van der Waals surface area (Å²) in [7, 11) is 2.81. The second-order valence-electron chi connectivity index (χ2n) is 14.9. The van der Waals surface area contributed by atoms with Gasteiger partial charge < -0.3 is 9.97 Å². The summed E-state index contributed by atoms with van der Waals surface area (Å²) in [5.41, 5.74) is 12.5. The van der Waals surface area contributed by atoms with Gasteiger partial charge in [-0.05, 0) is 84.5 Å². The fourth-order valence-corrected chi connectivity index (χ4v) is 9.35. The summed E-state index contributed by atoms with van der Waals surface area (Å²) in [5.74, 6) is -2.60. The topological polar surface area (TPSA) is 115 Å². The number of imide groups is 2. The Bertz CT molecular complexity index is 3170. The quantitative estimate of drug-likeness (QED) is 0.167. The Morgan fingerprint density at radius 1 is 0.459 bits per heavy atom. The Kier molecular flexibility index (Phi) is 9.57. The van der Waals surface area contributed by atoms with Gasteiger partial charge in [0, 0.05) is 64.0 Å². The molecule has 11 heteroatoms. The van der Waals surface area contributed by atoms with Gasteiger partial charge in [0.25, 0.3) is 0 Å². The van der Waals surface area contributed by atoms with Crippen molar-refractivity contribution in [2.75, 3.05) is 14.1 Å². The zero-order valence-corrected chi connectivity index (χ0v) is 36.0. The van der Waals surface area contributed by atoms with Crippen LogP contribution in [-0.4, -0.2) is 61.7 Å². The molecule has 3 aliphatic rings. The van der Waals surface area contributed by atoms with Gasteiger partial charge in [-0.15, -0.1) is 0 Å². The molecule has 0 radical (unpaired) electrons. The summed E-state index contributed by atoms with van der Waals surface area (Å²) in [5, 5.41) is 0. The van der Waals surface area contributed by atoms with Crippen LogP contribution >= 0.6 is 31.9 Å². The summed E-state index contributed by atoms with van der Waals surface area (Å²) < 4.78 is 1.58. The zero-order valence-electron chi connectivity index (χ0n) is 32.8. The monoisotopic (exact) mass is 924 g/mol. The van der Waals surface area contributed by atoms with E-state index in [1.807, 2.05) is 127 Å². The molecule has 9 nitrogen and oxygen atoms in total. The molecular formula is C50H34Br2N6O3. The molecule has 0 saturated carbocycles. The van der Waals surface area contributed by atoms with Gasteiger partial charge in [0.2, 0.25) is 11.8 Å². The maximum Gasteiger partial charge on any atom is 0.332 e. The molecule has 1 fully saturated rings. The zero-order chi connectivity index (χ0) is 41.9. The SMILES string of the molecule is CN1C(=O)C(C2=Cc3nc2c(-c2ccccc2)c2ccc([nH]2)c(-c2ccccc2)c2nc(c(-c4ccccc4)c4ccc([nH]4)c3-c3ccccc3)C(Br)=C2Br)C(=O)N(C)C1=O. The van der Waals surface area contributed by atoms with E-state index >= 15 is 0 Å². The normalized spacial score (nSPS) is 14.6. The van der Waals surface area contributed by atoms with Gasteiger partial charge >= 0.3 is 6.03 Å². The number of barbiturate groups is 1. The number of benzene rings is 4. The first-order valence-corrected chi connectivity index (χ1v) is 21.2. The van der Waals surface area contributed by atoms with Gasteiger partial charge in [-0.2, -0.15) is 0 Å². The number of nitrogens with one attached hydrogen (secondary N) is 2. The molecule has 4 amide bonds. The van der Waals surface area contributed by atoms with Gasteiger partial charge in [-0.1, -0.05) is 121 Å². The lowest BCUT2D eigenvalue weighted by molar-refractivity contribution is -0.144. The highest BCUT2D eigenvalue weighted by atomic mass is 79.9. The van der Waals surface area contributed by atoms with E-state index in [4.69, 9.17) is 9.97 Å². The molecule has 2 N–H and O–H groups in total. The van der Waals surface area contributed by atoms with E-state index in [0.717, 1.165) is 85.6 Å². The molecule has 7 aromatic rings. The molecule has 3 aromatic heterocycles. The minimum Gasteiger partial charge on any atom is -0.354 e. The highest BCUT2D eigenvalue weighted by molar-refractivity contribution is 9.18. The maximum absolute atomic E-state index is 14.3. The first kappa shape index (κ1) is 38.3. The number of carbonyl (C=O) groups excluding carboxylic acids is 3. The third-order valence-corrected chi connectivity index (χ3v) is 13.4. The molecule has 6 heterocycles. The van der Waals surface area contributed by atoms with E-state index in [1.165, 1.54) is 14.1 Å². The van der Waals surface area contributed by atoms with Crippen molar-refractivity contribution in [2.45, 2.75) is 0 Å². The Labute approximate surface area is 367 Å². The van der Waals surface area contributed by atoms with E-state index in [1.54, 1.807) is 0 Å². The Morgan fingerprint density at radius 2 is 0.803 bits per heavy atom.